The van der Waals surface area contributed by atoms with E-state index in [-0.39, 0.29) is 0 Å². The lowest BCUT2D eigenvalue weighted by molar-refractivity contribution is 0.0454. The predicted molar refractivity (Wildman–Crippen MR) is 74.8 cm³/mol. The van der Waals surface area contributed by atoms with E-state index in [9.17, 15) is 9.90 Å². The third-order valence-corrected chi connectivity index (χ3v) is 2.42. The van der Waals surface area contributed by atoms with E-state index in [1.165, 1.54) is 6.08 Å². The van der Waals surface area contributed by atoms with Crippen molar-refractivity contribution in [2.45, 2.75) is 38.5 Å². The van der Waals surface area contributed by atoms with Crippen LogP contribution in [0, 0.1) is 0 Å². The SMILES string of the molecule is C=C[C@@H](NC(=O)OC(C)(C)C)[C@@H](O)c1ccccc1. The maximum Gasteiger partial charge on any atom is 0.408 e. The summed E-state index contributed by atoms with van der Waals surface area (Å²) in [4.78, 5) is 11.7. The standard InChI is InChI=1S/C15H21NO3/c1-5-12(16-14(18)19-15(2,3)4)13(17)11-9-7-6-8-10-11/h5-10,12-13,17H,1H2,2-4H3,(H,16,18)/t12-,13+/m1/s1. The van der Waals surface area contributed by atoms with Crippen molar-refractivity contribution >= 4 is 6.09 Å². The first-order chi connectivity index (χ1) is 8.83. The van der Waals surface area contributed by atoms with E-state index < -0.39 is 23.8 Å². The fourth-order valence-electron chi connectivity index (χ4n) is 1.57. The molecule has 2 atom stereocenters. The van der Waals surface area contributed by atoms with E-state index >= 15 is 0 Å². The zero-order valence-electron chi connectivity index (χ0n) is 11.6. The van der Waals surface area contributed by atoms with Gasteiger partial charge in [0.15, 0.2) is 0 Å². The number of nitrogens with one attached hydrogen (secondary N) is 1. The molecule has 4 heteroatoms. The summed E-state index contributed by atoms with van der Waals surface area (Å²) in [5.41, 5.74) is 0.136. The van der Waals surface area contributed by atoms with Crippen LogP contribution < -0.4 is 5.32 Å². The van der Waals surface area contributed by atoms with Gasteiger partial charge in [0.1, 0.15) is 11.7 Å². The van der Waals surface area contributed by atoms with E-state index in [4.69, 9.17) is 4.74 Å². The molecule has 0 unspecified atom stereocenters. The summed E-state index contributed by atoms with van der Waals surface area (Å²) in [6.45, 7) is 8.97. The largest absolute Gasteiger partial charge is 0.444 e. The van der Waals surface area contributed by atoms with Gasteiger partial charge in [-0.05, 0) is 26.3 Å². The predicted octanol–water partition coefficient (Wildman–Crippen LogP) is 2.80. The number of aliphatic hydroxyl groups excluding tert-OH is 1. The van der Waals surface area contributed by atoms with Crippen molar-refractivity contribution in [3.8, 4) is 0 Å². The van der Waals surface area contributed by atoms with Crippen molar-refractivity contribution in [3.05, 3.63) is 48.6 Å². The van der Waals surface area contributed by atoms with Crippen molar-refractivity contribution in [2.24, 2.45) is 0 Å². The first-order valence-corrected chi connectivity index (χ1v) is 6.18. The second-order valence-electron chi connectivity index (χ2n) is 5.26. The number of carbonyl (C=O) groups is 1. The summed E-state index contributed by atoms with van der Waals surface area (Å²) in [6.07, 6.45) is 0.0558. The van der Waals surface area contributed by atoms with Crippen molar-refractivity contribution < 1.29 is 14.6 Å². The normalized spacial score (nSPS) is 14.3. The lowest BCUT2D eigenvalue weighted by Gasteiger charge is -2.24. The molecule has 0 aliphatic carbocycles. The molecule has 104 valence electrons. The second-order valence-corrected chi connectivity index (χ2v) is 5.26. The second kappa shape index (κ2) is 6.38. The Morgan fingerprint density at radius 3 is 2.42 bits per heavy atom. The molecule has 0 heterocycles. The minimum atomic E-state index is -0.855. The van der Waals surface area contributed by atoms with E-state index in [0.29, 0.717) is 5.56 Å². The molecule has 0 aromatic heterocycles. The Hall–Kier alpha value is -1.81. The van der Waals surface area contributed by atoms with E-state index in [2.05, 4.69) is 11.9 Å². The van der Waals surface area contributed by atoms with Crippen LogP contribution in [-0.4, -0.2) is 22.8 Å². The fourth-order valence-corrected chi connectivity index (χ4v) is 1.57. The average molecular weight is 263 g/mol. The van der Waals surface area contributed by atoms with Gasteiger partial charge in [0.05, 0.1) is 6.04 Å². The van der Waals surface area contributed by atoms with Crippen LogP contribution in [-0.2, 0) is 4.74 Å². The summed E-state index contributed by atoms with van der Waals surface area (Å²) in [5.74, 6) is 0. The first-order valence-electron chi connectivity index (χ1n) is 6.18. The Balaban J connectivity index is 2.68. The molecule has 0 aliphatic heterocycles. The molecule has 1 aromatic carbocycles. The third-order valence-electron chi connectivity index (χ3n) is 2.42. The summed E-state index contributed by atoms with van der Waals surface area (Å²) in [5, 5.41) is 12.8. The lowest BCUT2D eigenvalue weighted by Crippen LogP contribution is -2.41. The molecule has 0 spiro atoms. The van der Waals surface area contributed by atoms with Crippen molar-refractivity contribution in [1.29, 1.82) is 0 Å². The van der Waals surface area contributed by atoms with Crippen LogP contribution in [0.1, 0.15) is 32.4 Å². The van der Waals surface area contributed by atoms with Gasteiger partial charge in [0.2, 0.25) is 0 Å². The van der Waals surface area contributed by atoms with Gasteiger partial charge in [-0.2, -0.15) is 0 Å². The van der Waals surface area contributed by atoms with Gasteiger partial charge in [-0.25, -0.2) is 4.79 Å². The number of rotatable bonds is 4. The van der Waals surface area contributed by atoms with Crippen molar-refractivity contribution in [1.82, 2.24) is 5.32 Å². The molecule has 1 amide bonds. The van der Waals surface area contributed by atoms with E-state index in [1.807, 2.05) is 18.2 Å². The molecule has 19 heavy (non-hydrogen) atoms. The molecule has 0 aliphatic rings. The summed E-state index contributed by atoms with van der Waals surface area (Å²) in [7, 11) is 0. The molecule has 0 saturated carbocycles. The smallest absolute Gasteiger partial charge is 0.408 e. The average Bonchev–Trinajstić information content (AvgIpc) is 2.34. The van der Waals surface area contributed by atoms with Crippen LogP contribution in [0.25, 0.3) is 0 Å². The van der Waals surface area contributed by atoms with Gasteiger partial charge < -0.3 is 15.2 Å². The molecular weight excluding hydrogens is 242 g/mol. The maximum absolute atomic E-state index is 11.7. The zero-order valence-corrected chi connectivity index (χ0v) is 11.6. The monoisotopic (exact) mass is 263 g/mol. The van der Waals surface area contributed by atoms with Gasteiger partial charge in [-0.3, -0.25) is 0 Å². The highest BCUT2D eigenvalue weighted by molar-refractivity contribution is 5.68. The first kappa shape index (κ1) is 15.2. The molecule has 2 N–H and O–H groups in total. The fraction of sp³-hybridized carbons (Fsp3) is 0.400. The highest BCUT2D eigenvalue weighted by Gasteiger charge is 2.23. The Morgan fingerprint density at radius 1 is 1.37 bits per heavy atom. The highest BCUT2D eigenvalue weighted by Crippen LogP contribution is 2.17. The van der Waals surface area contributed by atoms with Crippen LogP contribution in [0.3, 0.4) is 0 Å². The third kappa shape index (κ3) is 5.14. The van der Waals surface area contributed by atoms with Gasteiger partial charge in [-0.15, -0.1) is 6.58 Å². The van der Waals surface area contributed by atoms with Crippen LogP contribution in [0.4, 0.5) is 4.79 Å². The summed E-state index contributed by atoms with van der Waals surface area (Å²) >= 11 is 0. The molecule has 1 rings (SSSR count). The minimum Gasteiger partial charge on any atom is -0.444 e. The zero-order chi connectivity index (χ0) is 14.5. The number of benzene rings is 1. The number of ether oxygens (including phenoxy) is 1. The topological polar surface area (TPSA) is 58.6 Å². The quantitative estimate of drug-likeness (QED) is 0.821. The Morgan fingerprint density at radius 2 is 1.95 bits per heavy atom. The highest BCUT2D eigenvalue weighted by atomic mass is 16.6. The van der Waals surface area contributed by atoms with E-state index in [1.54, 1.807) is 32.9 Å². The maximum atomic E-state index is 11.7. The van der Waals surface area contributed by atoms with Gasteiger partial charge >= 0.3 is 6.09 Å². The molecule has 1 aromatic rings. The molecule has 0 fully saturated rings. The Labute approximate surface area is 114 Å². The van der Waals surface area contributed by atoms with Gasteiger partial charge in [-0.1, -0.05) is 36.4 Å². The number of carbonyl (C=O) groups excluding carboxylic acids is 1. The van der Waals surface area contributed by atoms with Crippen LogP contribution in [0.15, 0.2) is 43.0 Å². The minimum absolute atomic E-state index is 0.576. The number of alkyl carbamates (subject to hydrolysis) is 1. The molecule has 0 radical (unpaired) electrons. The molecule has 0 bridgehead atoms. The summed E-state index contributed by atoms with van der Waals surface area (Å²) in [6, 6.07) is 8.49. The Bertz CT molecular complexity index is 423. The number of aliphatic hydroxyl groups is 1. The molecule has 0 saturated heterocycles. The van der Waals surface area contributed by atoms with Crippen molar-refractivity contribution in [3.63, 3.8) is 0 Å². The van der Waals surface area contributed by atoms with Gasteiger partial charge in [0, 0.05) is 0 Å². The van der Waals surface area contributed by atoms with Gasteiger partial charge in [0.25, 0.3) is 0 Å². The number of hydrogen-bond donors (Lipinski definition) is 2. The Kier molecular flexibility index (Phi) is 5.12. The molecular formula is C15H21NO3. The van der Waals surface area contributed by atoms with Crippen LogP contribution >= 0.6 is 0 Å². The lowest BCUT2D eigenvalue weighted by atomic mass is 10.0. The van der Waals surface area contributed by atoms with Crippen molar-refractivity contribution in [2.75, 3.05) is 0 Å². The van der Waals surface area contributed by atoms with Crippen LogP contribution in [0.5, 0.6) is 0 Å². The summed E-state index contributed by atoms with van der Waals surface area (Å²) < 4.78 is 5.15. The van der Waals surface area contributed by atoms with E-state index in [0.717, 1.165) is 0 Å². The number of amides is 1. The van der Waals surface area contributed by atoms with Crippen LogP contribution in [0.2, 0.25) is 0 Å². The number of hydrogen-bond acceptors (Lipinski definition) is 3. The molecule has 4 nitrogen and oxygen atoms in total.